The van der Waals surface area contributed by atoms with E-state index in [0.717, 1.165) is 0 Å². The predicted molar refractivity (Wildman–Crippen MR) is 98.7 cm³/mol. The second kappa shape index (κ2) is 9.39. The first-order valence-electron chi connectivity index (χ1n) is 7.65. The topological polar surface area (TPSA) is 52.0 Å². The standard InChI is InChI=1S/2C10H14.H4N2/c2*1-10(2,3)9-7-5-4-6-8-9;1-2/h2*4-8H,1-3H3;1-2H2. The molecular weight excluding hydrogens is 268 g/mol. The van der Waals surface area contributed by atoms with Gasteiger partial charge in [0, 0.05) is 0 Å². The van der Waals surface area contributed by atoms with Crippen molar-refractivity contribution in [3.63, 3.8) is 0 Å². The molecule has 4 N–H and O–H groups in total. The molecule has 2 rings (SSSR count). The molecule has 0 aliphatic heterocycles. The van der Waals surface area contributed by atoms with Crippen molar-refractivity contribution in [3.05, 3.63) is 71.8 Å². The summed E-state index contributed by atoms with van der Waals surface area (Å²) in [6, 6.07) is 21.1. The molecule has 22 heavy (non-hydrogen) atoms. The van der Waals surface area contributed by atoms with Crippen LogP contribution < -0.4 is 11.7 Å². The highest BCUT2D eigenvalue weighted by atomic mass is 15.0. The van der Waals surface area contributed by atoms with Crippen LogP contribution in [-0.4, -0.2) is 0 Å². The van der Waals surface area contributed by atoms with Crippen LogP contribution in [0.4, 0.5) is 0 Å². The second-order valence-corrected chi connectivity index (χ2v) is 7.23. The van der Waals surface area contributed by atoms with Gasteiger partial charge in [0.25, 0.3) is 0 Å². The number of benzene rings is 2. The fraction of sp³-hybridized carbons (Fsp3) is 0.400. The Morgan fingerprint density at radius 3 is 0.864 bits per heavy atom. The van der Waals surface area contributed by atoms with Gasteiger partial charge in [-0.15, -0.1) is 0 Å². The molecule has 0 fully saturated rings. The summed E-state index contributed by atoms with van der Waals surface area (Å²) in [6.45, 7) is 13.3. The summed E-state index contributed by atoms with van der Waals surface area (Å²) in [4.78, 5) is 0. The van der Waals surface area contributed by atoms with Crippen molar-refractivity contribution in [3.8, 4) is 0 Å². The van der Waals surface area contributed by atoms with Crippen LogP contribution in [-0.2, 0) is 10.8 Å². The third kappa shape index (κ3) is 7.96. The number of hydrogen-bond acceptors (Lipinski definition) is 2. The summed E-state index contributed by atoms with van der Waals surface area (Å²) < 4.78 is 0. The van der Waals surface area contributed by atoms with Gasteiger partial charge < -0.3 is 0 Å². The molecule has 0 saturated heterocycles. The normalized spacial score (nSPS) is 10.7. The summed E-state index contributed by atoms with van der Waals surface area (Å²) in [5, 5.41) is 0. The molecule has 0 aliphatic carbocycles. The van der Waals surface area contributed by atoms with Crippen molar-refractivity contribution >= 4 is 0 Å². The highest BCUT2D eigenvalue weighted by Gasteiger charge is 2.11. The van der Waals surface area contributed by atoms with Crippen LogP contribution >= 0.6 is 0 Å². The summed E-state index contributed by atoms with van der Waals surface area (Å²) in [6.07, 6.45) is 0. The van der Waals surface area contributed by atoms with Gasteiger partial charge in [-0.2, -0.15) is 0 Å². The van der Waals surface area contributed by atoms with Crippen LogP contribution in [0.2, 0.25) is 0 Å². The minimum Gasteiger partial charge on any atom is -0.274 e. The van der Waals surface area contributed by atoms with Gasteiger partial charge in [-0.1, -0.05) is 102 Å². The molecular formula is C20H32N2. The summed E-state index contributed by atoms with van der Waals surface area (Å²) in [7, 11) is 0. The third-order valence-corrected chi connectivity index (χ3v) is 3.28. The molecule has 0 aliphatic rings. The summed E-state index contributed by atoms with van der Waals surface area (Å²) in [5.41, 5.74) is 3.38. The van der Waals surface area contributed by atoms with Gasteiger partial charge in [0.1, 0.15) is 0 Å². The fourth-order valence-electron chi connectivity index (χ4n) is 1.88. The molecule has 0 atom stereocenters. The Morgan fingerprint density at radius 1 is 0.500 bits per heavy atom. The van der Waals surface area contributed by atoms with Crippen LogP contribution in [0.15, 0.2) is 60.7 Å². The van der Waals surface area contributed by atoms with Crippen molar-refractivity contribution in [2.75, 3.05) is 0 Å². The van der Waals surface area contributed by atoms with Crippen molar-refractivity contribution in [2.45, 2.75) is 52.4 Å². The molecule has 0 amide bonds. The maximum Gasteiger partial charge on any atom is -0.0132 e. The summed E-state index contributed by atoms with van der Waals surface area (Å²) >= 11 is 0. The predicted octanol–water partition coefficient (Wildman–Crippen LogP) is 4.79. The molecule has 0 bridgehead atoms. The lowest BCUT2D eigenvalue weighted by atomic mass is 9.87. The molecule has 2 nitrogen and oxygen atoms in total. The Bertz CT molecular complexity index is 441. The van der Waals surface area contributed by atoms with E-state index in [0.29, 0.717) is 10.8 Å². The highest BCUT2D eigenvalue weighted by molar-refractivity contribution is 5.22. The van der Waals surface area contributed by atoms with E-state index in [1.54, 1.807) is 0 Å². The van der Waals surface area contributed by atoms with Crippen molar-refractivity contribution in [1.29, 1.82) is 0 Å². The van der Waals surface area contributed by atoms with E-state index in [1.807, 2.05) is 0 Å². The minimum atomic E-state index is 0.293. The van der Waals surface area contributed by atoms with Gasteiger partial charge >= 0.3 is 0 Å². The lowest BCUT2D eigenvalue weighted by Gasteiger charge is -2.18. The molecule has 0 spiro atoms. The fourth-order valence-corrected chi connectivity index (χ4v) is 1.88. The molecule has 2 heteroatoms. The SMILES string of the molecule is CC(C)(C)c1ccccc1.CC(C)(C)c1ccccc1.NN. The molecule has 122 valence electrons. The van der Waals surface area contributed by atoms with Gasteiger partial charge in [0.2, 0.25) is 0 Å². The largest absolute Gasteiger partial charge is 0.274 e. The lowest BCUT2D eigenvalue weighted by molar-refractivity contribution is 0.590. The third-order valence-electron chi connectivity index (χ3n) is 3.28. The maximum atomic E-state index is 4.00. The first-order chi connectivity index (χ1) is 10.2. The molecule has 2 aromatic carbocycles. The Labute approximate surface area is 136 Å². The Balaban J connectivity index is 0.000000360. The first kappa shape index (κ1) is 20.4. The Morgan fingerprint density at radius 2 is 0.727 bits per heavy atom. The molecule has 0 saturated carbocycles. The molecule has 0 heterocycles. The quantitative estimate of drug-likeness (QED) is 0.543. The average Bonchev–Trinajstić information content (AvgIpc) is 2.50. The van der Waals surface area contributed by atoms with Gasteiger partial charge in [0.05, 0.1) is 0 Å². The first-order valence-corrected chi connectivity index (χ1v) is 7.65. The number of hydrazine groups is 1. The van der Waals surface area contributed by atoms with Crippen LogP contribution in [0, 0.1) is 0 Å². The minimum absolute atomic E-state index is 0.293. The van der Waals surface area contributed by atoms with E-state index in [1.165, 1.54) is 11.1 Å². The van der Waals surface area contributed by atoms with Gasteiger partial charge in [-0.3, -0.25) is 11.7 Å². The van der Waals surface area contributed by atoms with E-state index in [9.17, 15) is 0 Å². The second-order valence-electron chi connectivity index (χ2n) is 7.23. The van der Waals surface area contributed by atoms with Crippen molar-refractivity contribution in [1.82, 2.24) is 0 Å². The zero-order valence-electron chi connectivity index (χ0n) is 14.9. The van der Waals surface area contributed by atoms with E-state index in [-0.39, 0.29) is 0 Å². The molecule has 0 aromatic heterocycles. The molecule has 0 radical (unpaired) electrons. The lowest BCUT2D eigenvalue weighted by Crippen LogP contribution is -2.10. The highest BCUT2D eigenvalue weighted by Crippen LogP contribution is 2.21. The van der Waals surface area contributed by atoms with Crippen LogP contribution in [0.1, 0.15) is 52.7 Å². The van der Waals surface area contributed by atoms with E-state index in [2.05, 4.69) is 114 Å². The monoisotopic (exact) mass is 300 g/mol. The van der Waals surface area contributed by atoms with E-state index in [4.69, 9.17) is 0 Å². The zero-order valence-corrected chi connectivity index (χ0v) is 14.9. The van der Waals surface area contributed by atoms with Crippen LogP contribution in [0.3, 0.4) is 0 Å². The van der Waals surface area contributed by atoms with Gasteiger partial charge in [-0.05, 0) is 22.0 Å². The smallest absolute Gasteiger partial charge is 0.0132 e. The van der Waals surface area contributed by atoms with Gasteiger partial charge in [0.15, 0.2) is 0 Å². The van der Waals surface area contributed by atoms with Gasteiger partial charge in [-0.25, -0.2) is 0 Å². The maximum absolute atomic E-state index is 4.00. The number of rotatable bonds is 0. The summed E-state index contributed by atoms with van der Waals surface area (Å²) in [5.74, 6) is 8.00. The molecule has 2 aromatic rings. The molecule has 0 unspecified atom stereocenters. The van der Waals surface area contributed by atoms with E-state index < -0.39 is 0 Å². The Hall–Kier alpha value is -1.64. The van der Waals surface area contributed by atoms with E-state index >= 15 is 0 Å². The van der Waals surface area contributed by atoms with Crippen LogP contribution in [0.25, 0.3) is 0 Å². The van der Waals surface area contributed by atoms with Crippen LogP contribution in [0.5, 0.6) is 0 Å². The zero-order chi connectivity index (χ0) is 17.2. The number of hydrogen-bond donors (Lipinski definition) is 2. The van der Waals surface area contributed by atoms with Crippen molar-refractivity contribution < 1.29 is 0 Å². The van der Waals surface area contributed by atoms with Crippen molar-refractivity contribution in [2.24, 2.45) is 11.7 Å². The number of nitrogens with two attached hydrogens (primary N) is 2. The Kier molecular flexibility index (Phi) is 8.69. The average molecular weight is 300 g/mol.